The number of nitrogens with zero attached hydrogens (tertiary/aromatic N) is 7. The third-order valence-electron chi connectivity index (χ3n) is 9.50. The van der Waals surface area contributed by atoms with Crippen LogP contribution in [0.4, 0.5) is 27.1 Å². The number of fused-ring (bicyclic) bond motifs is 4. The zero-order valence-electron chi connectivity index (χ0n) is 25.5. The van der Waals surface area contributed by atoms with Gasteiger partial charge in [0.2, 0.25) is 5.91 Å². The van der Waals surface area contributed by atoms with E-state index in [1.165, 1.54) is 12.1 Å². The Bertz CT molecular complexity index is 1530. The highest BCUT2D eigenvalue weighted by Crippen LogP contribution is 2.45. The van der Waals surface area contributed by atoms with E-state index in [0.29, 0.717) is 38.3 Å². The van der Waals surface area contributed by atoms with E-state index in [1.54, 1.807) is 12.4 Å². The normalized spacial score (nSPS) is 25.9. The Morgan fingerprint density at radius 1 is 1.14 bits per heavy atom. The van der Waals surface area contributed by atoms with Crippen molar-refractivity contribution in [3.63, 3.8) is 0 Å². The number of hydrogen-bond acceptors (Lipinski definition) is 9. The molecule has 11 nitrogen and oxygen atoms in total. The van der Waals surface area contributed by atoms with Crippen molar-refractivity contribution < 1.29 is 13.9 Å². The molecule has 230 valence electrons. The maximum Gasteiger partial charge on any atom is 0.241 e. The molecule has 2 saturated heterocycles. The Balaban J connectivity index is 1.21. The van der Waals surface area contributed by atoms with Crippen LogP contribution >= 0.6 is 0 Å². The molecular weight excluding hydrogens is 549 g/mol. The van der Waals surface area contributed by atoms with Crippen molar-refractivity contribution in [2.24, 2.45) is 0 Å². The molecule has 0 bridgehead atoms. The fraction of sp³-hybridized carbons (Fsp3) is 0.581. The van der Waals surface area contributed by atoms with Crippen LogP contribution in [-0.4, -0.2) is 114 Å². The molecule has 12 heteroatoms. The smallest absolute Gasteiger partial charge is 0.241 e. The second-order valence-corrected chi connectivity index (χ2v) is 13.2. The highest BCUT2D eigenvalue weighted by Gasteiger charge is 2.43. The van der Waals surface area contributed by atoms with Crippen LogP contribution in [0.3, 0.4) is 0 Å². The maximum absolute atomic E-state index is 14.3. The summed E-state index contributed by atoms with van der Waals surface area (Å²) in [5.41, 5.74) is 4.74. The largest absolute Gasteiger partial charge is 0.381 e. The van der Waals surface area contributed by atoms with Crippen LogP contribution in [0.25, 0.3) is 5.65 Å². The summed E-state index contributed by atoms with van der Waals surface area (Å²) in [6, 6.07) is 7.82. The minimum atomic E-state index is -0.320. The van der Waals surface area contributed by atoms with Gasteiger partial charge in [0.1, 0.15) is 12.1 Å². The summed E-state index contributed by atoms with van der Waals surface area (Å²) < 4.78 is 21.6. The molecule has 7 rings (SSSR count). The first-order valence-corrected chi connectivity index (χ1v) is 15.5. The van der Waals surface area contributed by atoms with Gasteiger partial charge in [-0.3, -0.25) is 14.6 Å². The highest BCUT2D eigenvalue weighted by molar-refractivity contribution is 5.99. The SMILES string of the molecule is C[C@@H]1CN(CC(=O)N2CC(C)(C)c3c2cc(N2CCNc4cc(F)ccc42)c2ncnn32)[C@@H](CN2CCOC[C@H]2C)CN1. The molecule has 2 aromatic heterocycles. The molecule has 1 amide bonds. The van der Waals surface area contributed by atoms with Crippen LogP contribution in [0, 0.1) is 5.82 Å². The van der Waals surface area contributed by atoms with Crippen LogP contribution in [0.5, 0.6) is 0 Å². The number of amides is 1. The molecule has 0 aliphatic carbocycles. The van der Waals surface area contributed by atoms with E-state index in [-0.39, 0.29) is 23.2 Å². The van der Waals surface area contributed by atoms with Crippen LogP contribution in [0.15, 0.2) is 30.6 Å². The molecule has 2 N–H and O–H groups in total. The first kappa shape index (κ1) is 28.5. The third-order valence-corrected chi connectivity index (χ3v) is 9.50. The first-order chi connectivity index (χ1) is 20.7. The van der Waals surface area contributed by atoms with Crippen molar-refractivity contribution >= 4 is 34.3 Å². The van der Waals surface area contributed by atoms with Crippen LogP contribution < -0.4 is 20.4 Å². The molecule has 6 heterocycles. The minimum absolute atomic E-state index is 0.0918. The van der Waals surface area contributed by atoms with E-state index < -0.39 is 0 Å². The van der Waals surface area contributed by atoms with E-state index in [9.17, 15) is 9.18 Å². The number of morpholine rings is 1. The van der Waals surface area contributed by atoms with E-state index >= 15 is 0 Å². The molecule has 2 fully saturated rings. The maximum atomic E-state index is 14.3. The van der Waals surface area contributed by atoms with Crippen molar-refractivity contribution in [1.82, 2.24) is 29.7 Å². The standard InChI is InChI=1S/C31H42FN9O2/c1-20-14-38(23(13-34-20)15-37-9-10-43-17-21(37)2)16-28(42)40-18-31(3,4)29-26(40)12-27(30-35-19-36-41(29)30)39-8-7-33-24-11-22(32)5-6-25(24)39/h5-6,11-12,19-21,23,33-34H,7-10,13-18H2,1-4H3/t20-,21-,23-/m1/s1. The van der Waals surface area contributed by atoms with Crippen molar-refractivity contribution in [2.45, 2.75) is 51.2 Å². The number of piperazine rings is 1. The Morgan fingerprint density at radius 3 is 2.84 bits per heavy atom. The average molecular weight is 592 g/mol. The van der Waals surface area contributed by atoms with Gasteiger partial charge in [0.15, 0.2) is 5.65 Å². The van der Waals surface area contributed by atoms with Crippen molar-refractivity contribution in [3.05, 3.63) is 42.1 Å². The van der Waals surface area contributed by atoms with Crippen LogP contribution in [0.2, 0.25) is 0 Å². The molecule has 4 aliphatic heterocycles. The van der Waals surface area contributed by atoms with Gasteiger partial charge in [-0.2, -0.15) is 5.10 Å². The number of ether oxygens (including phenoxy) is 1. The number of aromatic nitrogens is 3. The molecule has 3 aromatic rings. The van der Waals surface area contributed by atoms with Gasteiger partial charge in [0.05, 0.1) is 48.2 Å². The van der Waals surface area contributed by atoms with Crippen LogP contribution in [0.1, 0.15) is 33.4 Å². The molecule has 0 radical (unpaired) electrons. The molecule has 43 heavy (non-hydrogen) atoms. The molecule has 3 atom stereocenters. The number of carbonyl (C=O) groups excluding carboxylic acids is 1. The van der Waals surface area contributed by atoms with Gasteiger partial charge in [-0.1, -0.05) is 13.8 Å². The number of rotatable bonds is 5. The van der Waals surface area contributed by atoms with Gasteiger partial charge in [0, 0.05) is 69.4 Å². The summed E-state index contributed by atoms with van der Waals surface area (Å²) in [7, 11) is 0. The monoisotopic (exact) mass is 591 g/mol. The van der Waals surface area contributed by atoms with E-state index in [0.717, 1.165) is 73.5 Å². The number of halogens is 1. The summed E-state index contributed by atoms with van der Waals surface area (Å²) in [5.74, 6) is -0.189. The lowest BCUT2D eigenvalue weighted by atomic mass is 9.91. The quantitative estimate of drug-likeness (QED) is 0.464. The number of carbonyl (C=O) groups is 1. The highest BCUT2D eigenvalue weighted by atomic mass is 19.1. The molecule has 0 unspecified atom stereocenters. The third kappa shape index (κ3) is 5.13. The fourth-order valence-electron chi connectivity index (χ4n) is 7.29. The molecule has 0 spiro atoms. The van der Waals surface area contributed by atoms with Gasteiger partial charge in [-0.15, -0.1) is 0 Å². The zero-order chi connectivity index (χ0) is 29.9. The van der Waals surface area contributed by atoms with E-state index in [2.05, 4.69) is 69.2 Å². The average Bonchev–Trinajstić information content (AvgIpc) is 3.56. The number of benzene rings is 1. The number of anilines is 4. The van der Waals surface area contributed by atoms with Gasteiger partial charge >= 0.3 is 0 Å². The lowest BCUT2D eigenvalue weighted by molar-refractivity contribution is -0.121. The van der Waals surface area contributed by atoms with Gasteiger partial charge < -0.3 is 25.2 Å². The van der Waals surface area contributed by atoms with Gasteiger partial charge in [0.25, 0.3) is 0 Å². The van der Waals surface area contributed by atoms with Crippen molar-refractivity contribution in [3.8, 4) is 0 Å². The van der Waals surface area contributed by atoms with Gasteiger partial charge in [-0.05, 0) is 38.1 Å². The summed E-state index contributed by atoms with van der Waals surface area (Å²) in [6.07, 6.45) is 1.58. The second-order valence-electron chi connectivity index (χ2n) is 13.2. The van der Waals surface area contributed by atoms with E-state index in [4.69, 9.17) is 4.74 Å². The summed E-state index contributed by atoms with van der Waals surface area (Å²) >= 11 is 0. The van der Waals surface area contributed by atoms with E-state index in [1.807, 2.05) is 9.42 Å². The Hall–Kier alpha value is -3.32. The number of hydrogen-bond donors (Lipinski definition) is 2. The van der Waals surface area contributed by atoms with Crippen molar-refractivity contribution in [2.75, 3.05) is 80.7 Å². The zero-order valence-corrected chi connectivity index (χ0v) is 25.5. The summed E-state index contributed by atoms with van der Waals surface area (Å²) in [6.45, 7) is 16.0. The predicted octanol–water partition coefficient (Wildman–Crippen LogP) is 2.44. The number of nitrogens with one attached hydrogen (secondary N) is 2. The molecule has 0 saturated carbocycles. The molecule has 1 aromatic carbocycles. The Morgan fingerprint density at radius 2 is 2.00 bits per heavy atom. The summed E-state index contributed by atoms with van der Waals surface area (Å²) in [5, 5.41) is 11.6. The lowest BCUT2D eigenvalue weighted by Gasteiger charge is -2.43. The fourth-order valence-corrected chi connectivity index (χ4v) is 7.29. The first-order valence-electron chi connectivity index (χ1n) is 15.5. The lowest BCUT2D eigenvalue weighted by Crippen LogP contribution is -2.62. The summed E-state index contributed by atoms with van der Waals surface area (Å²) in [4.78, 5) is 27.9. The predicted molar refractivity (Wildman–Crippen MR) is 165 cm³/mol. The molecular formula is C31H42FN9O2. The Kier molecular flexibility index (Phi) is 7.27. The number of pyridine rings is 1. The van der Waals surface area contributed by atoms with Crippen LogP contribution in [-0.2, 0) is 14.9 Å². The Labute approximate surface area is 252 Å². The van der Waals surface area contributed by atoms with Gasteiger partial charge in [-0.25, -0.2) is 13.9 Å². The topological polar surface area (TPSA) is 93.5 Å². The second kappa shape index (κ2) is 11.0. The van der Waals surface area contributed by atoms with Crippen molar-refractivity contribution in [1.29, 1.82) is 0 Å². The minimum Gasteiger partial charge on any atom is -0.381 e. The molecule has 4 aliphatic rings.